The van der Waals surface area contributed by atoms with Crippen molar-refractivity contribution in [2.75, 3.05) is 6.61 Å². The Morgan fingerprint density at radius 1 is 0.909 bits per heavy atom. The quantitative estimate of drug-likeness (QED) is 0.347. The van der Waals surface area contributed by atoms with Gasteiger partial charge in [0, 0.05) is 0 Å². The molecule has 0 fully saturated rings. The molecule has 0 rings (SSSR count). The number of carbonyl (C=O) groups excluding carboxylic acids is 1. The zero-order valence-corrected chi connectivity index (χ0v) is 15.4. The van der Waals surface area contributed by atoms with Gasteiger partial charge in [0.2, 0.25) is 8.32 Å². The normalized spacial score (nSPS) is 18.6. The van der Waals surface area contributed by atoms with Gasteiger partial charge < -0.3 is 29.6 Å². The Morgan fingerprint density at radius 2 is 1.32 bits per heavy atom. The predicted molar refractivity (Wildman–Crippen MR) is 87.1 cm³/mol. The van der Waals surface area contributed by atoms with E-state index in [4.69, 9.17) is 9.53 Å². The first-order valence-corrected chi connectivity index (χ1v) is 9.98. The SMILES string of the molecule is CC(C)[Si](O[C@@H](C=O)[C@@H](O)[C@@H](O)[C@H](O)CO)(C(C)C)C(C)C. The summed E-state index contributed by atoms with van der Waals surface area (Å²) in [6, 6.07) is 0. The van der Waals surface area contributed by atoms with Crippen molar-refractivity contribution in [1.82, 2.24) is 0 Å². The van der Waals surface area contributed by atoms with Crippen LogP contribution in [0, 0.1) is 0 Å². The molecule has 0 heterocycles. The molecular formula is C15H32O6Si. The third-order valence-electron chi connectivity index (χ3n) is 4.45. The second-order valence-corrected chi connectivity index (χ2v) is 12.2. The minimum atomic E-state index is -2.41. The fourth-order valence-corrected chi connectivity index (χ4v) is 8.83. The smallest absolute Gasteiger partial charge is 0.201 e. The van der Waals surface area contributed by atoms with Crippen LogP contribution in [0.2, 0.25) is 16.6 Å². The first kappa shape index (κ1) is 21.7. The van der Waals surface area contributed by atoms with Crippen LogP contribution in [0.5, 0.6) is 0 Å². The fourth-order valence-electron chi connectivity index (χ4n) is 3.35. The van der Waals surface area contributed by atoms with Crippen LogP contribution in [0.3, 0.4) is 0 Å². The number of aliphatic hydroxyl groups is 4. The first-order chi connectivity index (χ1) is 10.1. The van der Waals surface area contributed by atoms with Gasteiger partial charge in [-0.05, 0) is 16.6 Å². The molecule has 0 saturated carbocycles. The summed E-state index contributed by atoms with van der Waals surface area (Å²) in [4.78, 5) is 11.4. The van der Waals surface area contributed by atoms with Crippen molar-refractivity contribution in [3.05, 3.63) is 0 Å². The summed E-state index contributed by atoms with van der Waals surface area (Å²) >= 11 is 0. The molecule has 0 aliphatic heterocycles. The van der Waals surface area contributed by atoms with Gasteiger partial charge in [-0.2, -0.15) is 0 Å². The highest BCUT2D eigenvalue weighted by Crippen LogP contribution is 2.43. The van der Waals surface area contributed by atoms with E-state index >= 15 is 0 Å². The monoisotopic (exact) mass is 336 g/mol. The van der Waals surface area contributed by atoms with Crippen LogP contribution in [-0.4, -0.2) is 66.1 Å². The molecule has 6 nitrogen and oxygen atoms in total. The maximum absolute atomic E-state index is 11.4. The first-order valence-electron chi connectivity index (χ1n) is 7.84. The van der Waals surface area contributed by atoms with Crippen molar-refractivity contribution in [3.8, 4) is 0 Å². The summed E-state index contributed by atoms with van der Waals surface area (Å²) in [5.74, 6) is 0. The number of hydrogen-bond donors (Lipinski definition) is 4. The van der Waals surface area contributed by atoms with Crippen molar-refractivity contribution < 1.29 is 29.6 Å². The molecule has 0 aromatic heterocycles. The lowest BCUT2D eigenvalue weighted by Crippen LogP contribution is -2.56. The Morgan fingerprint density at radius 3 is 1.59 bits per heavy atom. The maximum atomic E-state index is 11.4. The third kappa shape index (κ3) is 4.59. The van der Waals surface area contributed by atoms with E-state index in [1.54, 1.807) is 0 Å². The van der Waals surface area contributed by atoms with Gasteiger partial charge in [-0.25, -0.2) is 0 Å². The lowest BCUT2D eigenvalue weighted by atomic mass is 10.0. The highest BCUT2D eigenvalue weighted by Gasteiger charge is 2.48. The number of carbonyl (C=O) groups is 1. The predicted octanol–water partition coefficient (Wildman–Crippen LogP) is 0.821. The summed E-state index contributed by atoms with van der Waals surface area (Å²) in [6.45, 7) is 11.5. The summed E-state index contributed by atoms with van der Waals surface area (Å²) < 4.78 is 6.12. The molecule has 0 aliphatic carbocycles. The van der Waals surface area contributed by atoms with E-state index in [-0.39, 0.29) is 16.6 Å². The molecule has 0 unspecified atom stereocenters. The van der Waals surface area contributed by atoms with Crippen molar-refractivity contribution in [2.45, 2.75) is 82.6 Å². The van der Waals surface area contributed by atoms with Crippen LogP contribution in [0.25, 0.3) is 0 Å². The van der Waals surface area contributed by atoms with Gasteiger partial charge in [0.25, 0.3) is 0 Å². The van der Waals surface area contributed by atoms with Crippen LogP contribution < -0.4 is 0 Å². The van der Waals surface area contributed by atoms with E-state index in [2.05, 4.69) is 0 Å². The van der Waals surface area contributed by atoms with Crippen LogP contribution >= 0.6 is 0 Å². The van der Waals surface area contributed by atoms with Gasteiger partial charge in [-0.1, -0.05) is 41.5 Å². The number of rotatable bonds is 10. The standard InChI is InChI=1S/C15H32O6Si/c1-9(2)22(10(3)4,11(5)6)21-13(8-17)15(20)14(19)12(18)7-16/h8-16,18-20H,7H2,1-6H3/t12-,13+,14+,15-/m1/s1. The number of hydrogen-bond acceptors (Lipinski definition) is 6. The molecule has 0 aromatic carbocycles. The van der Waals surface area contributed by atoms with Gasteiger partial charge in [0.15, 0.2) is 0 Å². The van der Waals surface area contributed by atoms with E-state index in [9.17, 15) is 20.1 Å². The zero-order valence-electron chi connectivity index (χ0n) is 14.4. The van der Waals surface area contributed by atoms with Gasteiger partial charge in [0.05, 0.1) is 6.61 Å². The molecule has 0 bridgehead atoms. The lowest BCUT2D eigenvalue weighted by Gasteiger charge is -2.44. The Labute approximate surface area is 134 Å². The minimum Gasteiger partial charge on any atom is -0.404 e. The molecule has 22 heavy (non-hydrogen) atoms. The van der Waals surface area contributed by atoms with Crippen molar-refractivity contribution in [1.29, 1.82) is 0 Å². The average Bonchev–Trinajstić information content (AvgIpc) is 2.44. The summed E-state index contributed by atoms with van der Waals surface area (Å²) in [6.07, 6.45) is -5.50. The van der Waals surface area contributed by atoms with Gasteiger partial charge in [-0.15, -0.1) is 0 Å². The molecule has 0 aliphatic rings. The van der Waals surface area contributed by atoms with Crippen LogP contribution in [0.4, 0.5) is 0 Å². The van der Waals surface area contributed by atoms with E-state index in [0.29, 0.717) is 6.29 Å². The van der Waals surface area contributed by atoms with Crippen molar-refractivity contribution >= 4 is 14.6 Å². The molecule has 0 saturated heterocycles. The highest BCUT2D eigenvalue weighted by molar-refractivity contribution is 6.77. The van der Waals surface area contributed by atoms with Gasteiger partial charge in [-0.3, -0.25) is 0 Å². The van der Waals surface area contributed by atoms with E-state index < -0.39 is 39.3 Å². The molecule has 0 amide bonds. The Bertz CT molecular complexity index is 312. The summed E-state index contributed by atoms with van der Waals surface area (Å²) in [5.41, 5.74) is 0.631. The maximum Gasteiger partial charge on any atom is 0.201 e. The summed E-state index contributed by atoms with van der Waals surface area (Å²) in [5, 5.41) is 38.3. The molecule has 0 aromatic rings. The molecule has 4 N–H and O–H groups in total. The van der Waals surface area contributed by atoms with E-state index in [1.807, 2.05) is 41.5 Å². The zero-order chi connectivity index (χ0) is 17.7. The molecule has 7 heteroatoms. The largest absolute Gasteiger partial charge is 0.404 e. The van der Waals surface area contributed by atoms with Crippen molar-refractivity contribution in [3.63, 3.8) is 0 Å². The van der Waals surface area contributed by atoms with Gasteiger partial charge >= 0.3 is 0 Å². The van der Waals surface area contributed by atoms with Crippen LogP contribution in [0.15, 0.2) is 0 Å². The average molecular weight is 337 g/mol. The third-order valence-corrected chi connectivity index (χ3v) is 10.5. The molecule has 0 radical (unpaired) electrons. The molecule has 4 atom stereocenters. The summed E-state index contributed by atoms with van der Waals surface area (Å²) in [7, 11) is -2.41. The Hall–Kier alpha value is -0.313. The second kappa shape index (κ2) is 9.10. The minimum absolute atomic E-state index is 0.210. The fraction of sp³-hybridized carbons (Fsp3) is 0.933. The van der Waals surface area contributed by atoms with Crippen LogP contribution in [-0.2, 0) is 9.22 Å². The van der Waals surface area contributed by atoms with Crippen LogP contribution in [0.1, 0.15) is 41.5 Å². The molecule has 132 valence electrons. The van der Waals surface area contributed by atoms with Crippen molar-refractivity contribution in [2.24, 2.45) is 0 Å². The lowest BCUT2D eigenvalue weighted by molar-refractivity contribution is -0.134. The Kier molecular flexibility index (Phi) is 8.97. The van der Waals surface area contributed by atoms with E-state index in [1.165, 1.54) is 0 Å². The van der Waals surface area contributed by atoms with Gasteiger partial charge in [0.1, 0.15) is 30.7 Å². The highest BCUT2D eigenvalue weighted by atomic mass is 28.4. The number of aldehydes is 1. The second-order valence-electron chi connectivity index (χ2n) is 6.77. The topological polar surface area (TPSA) is 107 Å². The Balaban J connectivity index is 5.43. The molecular weight excluding hydrogens is 304 g/mol. The number of aliphatic hydroxyl groups excluding tert-OH is 4. The van der Waals surface area contributed by atoms with E-state index in [0.717, 1.165) is 0 Å². The molecule has 0 spiro atoms.